The van der Waals surface area contributed by atoms with Gasteiger partial charge in [-0.15, -0.1) is 22.9 Å². The van der Waals surface area contributed by atoms with Gasteiger partial charge in [0.15, 0.2) is 11.6 Å². The van der Waals surface area contributed by atoms with Crippen LogP contribution in [0.2, 0.25) is 0 Å². The normalized spacial score (nSPS) is 10.5. The van der Waals surface area contributed by atoms with Gasteiger partial charge in [-0.05, 0) is 12.1 Å². The maximum atomic E-state index is 13.2. The second kappa shape index (κ2) is 5.42. The molecule has 90 valence electrons. The minimum absolute atomic E-state index is 0.00836. The highest BCUT2D eigenvalue weighted by atomic mass is 35.5. The summed E-state index contributed by atoms with van der Waals surface area (Å²) in [5.41, 5.74) is 0.759. The van der Waals surface area contributed by atoms with Gasteiger partial charge in [0.2, 0.25) is 0 Å². The van der Waals surface area contributed by atoms with Crippen molar-refractivity contribution in [3.05, 3.63) is 45.9 Å². The lowest BCUT2D eigenvalue weighted by Crippen LogP contribution is -1.97. The van der Waals surface area contributed by atoms with E-state index in [-0.39, 0.29) is 12.4 Å². The molecule has 2 rings (SSSR count). The highest BCUT2D eigenvalue weighted by molar-refractivity contribution is 7.09. The second-order valence-corrected chi connectivity index (χ2v) is 4.44. The number of benzene rings is 1. The summed E-state index contributed by atoms with van der Waals surface area (Å²) in [5, 5.41) is 2.51. The van der Waals surface area contributed by atoms with Gasteiger partial charge in [0.1, 0.15) is 17.4 Å². The Morgan fingerprint density at radius 2 is 2.18 bits per heavy atom. The monoisotopic (exact) mass is 275 g/mol. The SMILES string of the molecule is Fc1ccc(OCc2nc(CCl)cs2)c(F)c1. The molecule has 0 amide bonds. The van der Waals surface area contributed by atoms with Crippen molar-refractivity contribution >= 4 is 22.9 Å². The van der Waals surface area contributed by atoms with Crippen molar-refractivity contribution in [2.24, 2.45) is 0 Å². The molecule has 0 saturated carbocycles. The molecule has 0 radical (unpaired) electrons. The van der Waals surface area contributed by atoms with Crippen molar-refractivity contribution in [3.8, 4) is 5.75 Å². The standard InChI is InChI=1S/C11H8ClF2NOS/c12-4-8-6-17-11(15-8)5-16-10-2-1-7(13)3-9(10)14/h1-3,6H,4-5H2. The van der Waals surface area contributed by atoms with Gasteiger partial charge >= 0.3 is 0 Å². The number of thiazole rings is 1. The molecule has 0 aliphatic carbocycles. The summed E-state index contributed by atoms with van der Waals surface area (Å²) in [7, 11) is 0. The smallest absolute Gasteiger partial charge is 0.167 e. The van der Waals surface area contributed by atoms with Crippen LogP contribution in [0.4, 0.5) is 8.78 Å². The Balaban J connectivity index is 2.02. The average molecular weight is 276 g/mol. The molecule has 0 saturated heterocycles. The van der Waals surface area contributed by atoms with Crippen LogP contribution in [0.25, 0.3) is 0 Å². The van der Waals surface area contributed by atoms with Crippen LogP contribution in [0.15, 0.2) is 23.6 Å². The molecule has 0 fully saturated rings. The Morgan fingerprint density at radius 3 is 2.82 bits per heavy atom. The zero-order chi connectivity index (χ0) is 12.3. The van der Waals surface area contributed by atoms with Gasteiger partial charge in [-0.3, -0.25) is 0 Å². The van der Waals surface area contributed by atoms with Crippen LogP contribution in [0.5, 0.6) is 5.75 Å². The molecule has 0 unspecified atom stereocenters. The maximum absolute atomic E-state index is 13.2. The van der Waals surface area contributed by atoms with Crippen LogP contribution in [0.3, 0.4) is 0 Å². The lowest BCUT2D eigenvalue weighted by molar-refractivity contribution is 0.288. The molecule has 1 aromatic heterocycles. The predicted molar refractivity (Wildman–Crippen MR) is 62.4 cm³/mol. The van der Waals surface area contributed by atoms with E-state index in [0.29, 0.717) is 10.9 Å². The van der Waals surface area contributed by atoms with Crippen LogP contribution in [0, 0.1) is 11.6 Å². The summed E-state index contributed by atoms with van der Waals surface area (Å²) in [6, 6.07) is 3.17. The first kappa shape index (κ1) is 12.3. The van der Waals surface area contributed by atoms with E-state index in [4.69, 9.17) is 16.3 Å². The molecular weight excluding hydrogens is 268 g/mol. The molecule has 0 bridgehead atoms. The molecule has 6 heteroatoms. The Hall–Kier alpha value is -1.20. The summed E-state index contributed by atoms with van der Waals surface area (Å²) >= 11 is 6.99. The minimum atomic E-state index is -0.723. The first-order valence-electron chi connectivity index (χ1n) is 4.76. The number of hydrogen-bond acceptors (Lipinski definition) is 3. The Kier molecular flexibility index (Phi) is 3.91. The number of aromatic nitrogens is 1. The third kappa shape index (κ3) is 3.14. The minimum Gasteiger partial charge on any atom is -0.483 e. The van der Waals surface area contributed by atoms with Crippen molar-refractivity contribution in [1.29, 1.82) is 0 Å². The number of ether oxygens (including phenoxy) is 1. The summed E-state index contributed by atoms with van der Waals surface area (Å²) in [5.74, 6) is -1.01. The van der Waals surface area contributed by atoms with E-state index in [1.165, 1.54) is 17.4 Å². The molecular formula is C11H8ClF2NOS. The molecule has 2 aromatic rings. The fourth-order valence-corrected chi connectivity index (χ4v) is 2.14. The van der Waals surface area contributed by atoms with E-state index in [9.17, 15) is 8.78 Å². The molecule has 0 N–H and O–H groups in total. The lowest BCUT2D eigenvalue weighted by atomic mass is 10.3. The molecule has 17 heavy (non-hydrogen) atoms. The van der Waals surface area contributed by atoms with E-state index < -0.39 is 11.6 Å². The fourth-order valence-electron chi connectivity index (χ4n) is 1.21. The van der Waals surface area contributed by atoms with E-state index in [1.807, 2.05) is 5.38 Å². The Morgan fingerprint density at radius 1 is 1.35 bits per heavy atom. The first-order chi connectivity index (χ1) is 8.19. The number of nitrogens with zero attached hydrogens (tertiary/aromatic N) is 1. The van der Waals surface area contributed by atoms with Crippen molar-refractivity contribution < 1.29 is 13.5 Å². The maximum Gasteiger partial charge on any atom is 0.167 e. The number of rotatable bonds is 4. The van der Waals surface area contributed by atoms with Gasteiger partial charge in [0, 0.05) is 11.4 Å². The van der Waals surface area contributed by atoms with Crippen molar-refractivity contribution in [2.75, 3.05) is 0 Å². The van der Waals surface area contributed by atoms with Crippen molar-refractivity contribution in [2.45, 2.75) is 12.5 Å². The fraction of sp³-hybridized carbons (Fsp3) is 0.182. The van der Waals surface area contributed by atoms with Crippen LogP contribution >= 0.6 is 22.9 Å². The quantitative estimate of drug-likeness (QED) is 0.793. The van der Waals surface area contributed by atoms with Crippen LogP contribution in [-0.4, -0.2) is 4.98 Å². The van der Waals surface area contributed by atoms with E-state index in [0.717, 1.165) is 17.8 Å². The Labute approximate surface area is 106 Å². The average Bonchev–Trinajstić information content (AvgIpc) is 2.76. The van der Waals surface area contributed by atoms with Gasteiger partial charge < -0.3 is 4.74 Å². The molecule has 1 heterocycles. The van der Waals surface area contributed by atoms with Crippen LogP contribution in [0.1, 0.15) is 10.7 Å². The number of hydrogen-bond donors (Lipinski definition) is 0. The zero-order valence-corrected chi connectivity index (χ0v) is 10.2. The topological polar surface area (TPSA) is 22.1 Å². The van der Waals surface area contributed by atoms with Crippen LogP contribution < -0.4 is 4.74 Å². The Bertz CT molecular complexity index is 518. The van der Waals surface area contributed by atoms with Crippen molar-refractivity contribution in [3.63, 3.8) is 0 Å². The third-order valence-electron chi connectivity index (χ3n) is 1.98. The number of alkyl halides is 1. The van der Waals surface area contributed by atoms with Crippen LogP contribution in [-0.2, 0) is 12.5 Å². The molecule has 0 spiro atoms. The molecule has 2 nitrogen and oxygen atoms in total. The molecule has 0 aliphatic heterocycles. The molecule has 1 aromatic carbocycles. The second-order valence-electron chi connectivity index (χ2n) is 3.23. The lowest BCUT2D eigenvalue weighted by Gasteiger charge is -2.04. The van der Waals surface area contributed by atoms with Gasteiger partial charge in [-0.2, -0.15) is 0 Å². The van der Waals surface area contributed by atoms with E-state index in [1.54, 1.807) is 0 Å². The highest BCUT2D eigenvalue weighted by Crippen LogP contribution is 2.20. The van der Waals surface area contributed by atoms with Crippen molar-refractivity contribution in [1.82, 2.24) is 4.98 Å². The summed E-state index contributed by atoms with van der Waals surface area (Å²) < 4.78 is 31.1. The highest BCUT2D eigenvalue weighted by Gasteiger charge is 2.07. The summed E-state index contributed by atoms with van der Waals surface area (Å²) in [6.45, 7) is 0.143. The molecule has 0 aliphatic rings. The zero-order valence-electron chi connectivity index (χ0n) is 8.62. The predicted octanol–water partition coefficient (Wildman–Crippen LogP) is 3.74. The largest absolute Gasteiger partial charge is 0.483 e. The van der Waals surface area contributed by atoms with Gasteiger partial charge in [-0.1, -0.05) is 0 Å². The third-order valence-corrected chi connectivity index (χ3v) is 3.13. The van der Waals surface area contributed by atoms with Gasteiger partial charge in [-0.25, -0.2) is 13.8 Å². The summed E-state index contributed by atoms with van der Waals surface area (Å²) in [4.78, 5) is 4.16. The first-order valence-corrected chi connectivity index (χ1v) is 6.17. The summed E-state index contributed by atoms with van der Waals surface area (Å²) in [6.07, 6.45) is 0. The van der Waals surface area contributed by atoms with Gasteiger partial charge in [0.05, 0.1) is 11.6 Å². The number of halogens is 3. The van der Waals surface area contributed by atoms with E-state index >= 15 is 0 Å². The van der Waals surface area contributed by atoms with E-state index in [2.05, 4.69) is 4.98 Å². The van der Waals surface area contributed by atoms with Gasteiger partial charge in [0.25, 0.3) is 0 Å². The molecule has 0 atom stereocenters.